The van der Waals surface area contributed by atoms with E-state index in [2.05, 4.69) is 0 Å². The summed E-state index contributed by atoms with van der Waals surface area (Å²) >= 11 is 1.83. The summed E-state index contributed by atoms with van der Waals surface area (Å²) < 4.78 is 6.25. The van der Waals surface area contributed by atoms with Crippen molar-refractivity contribution < 1.29 is 19.6 Å². The first-order chi connectivity index (χ1) is 9.01. The van der Waals surface area contributed by atoms with Gasteiger partial charge < -0.3 is 9.84 Å². The van der Waals surface area contributed by atoms with Crippen molar-refractivity contribution in [1.82, 2.24) is 0 Å². The first-order valence-corrected chi connectivity index (χ1v) is 6.65. The monoisotopic (exact) mass is 377 g/mol. The van der Waals surface area contributed by atoms with Crippen LogP contribution in [0.15, 0.2) is 33.9 Å². The predicted octanol–water partition coefficient (Wildman–Crippen LogP) is 2.51. The molecule has 1 rings (SSSR count). The van der Waals surface area contributed by atoms with Crippen LogP contribution in [0.3, 0.4) is 0 Å². The zero-order valence-corrected chi connectivity index (χ0v) is 12.2. The molecular formula is C12H12INO5. The molecule has 0 heterocycles. The maximum atomic E-state index is 11.6. The third kappa shape index (κ3) is 4.00. The number of non-ortho nitro benzene ring substituents is 1. The summed E-state index contributed by atoms with van der Waals surface area (Å²) in [4.78, 5) is 21.6. The van der Waals surface area contributed by atoms with Gasteiger partial charge in [-0.15, -0.1) is 0 Å². The van der Waals surface area contributed by atoms with Crippen LogP contribution in [0.4, 0.5) is 5.69 Å². The Labute approximate surface area is 123 Å². The second-order valence-corrected chi connectivity index (χ2v) is 4.16. The maximum absolute atomic E-state index is 11.6. The zero-order chi connectivity index (χ0) is 14.4. The number of nitrogens with zero attached hydrogens (tertiary/aromatic N) is 1. The number of benzene rings is 1. The fraction of sp³-hybridized carbons (Fsp3) is 0.250. The molecule has 0 aliphatic heterocycles. The van der Waals surface area contributed by atoms with Crippen LogP contribution in [0.2, 0.25) is 0 Å². The maximum Gasteiger partial charge on any atom is 0.337 e. The quantitative estimate of drug-likeness (QED) is 0.280. The highest BCUT2D eigenvalue weighted by molar-refractivity contribution is 14.1. The molecule has 0 spiro atoms. The molecule has 102 valence electrons. The Bertz CT molecular complexity index is 497. The standard InChI is InChI=1S/C12H12INO5/c1-2-19-12(16)10(7-13)11(15)8-3-5-9(6-4-8)14(17)18/h3-7,11,15H,2H2,1H3/b10-7-. The molecule has 1 unspecified atom stereocenters. The third-order valence-electron chi connectivity index (χ3n) is 2.34. The van der Waals surface area contributed by atoms with E-state index in [0.29, 0.717) is 5.56 Å². The van der Waals surface area contributed by atoms with Crippen LogP contribution in [-0.4, -0.2) is 22.6 Å². The number of nitro groups is 1. The van der Waals surface area contributed by atoms with Gasteiger partial charge in [-0.2, -0.15) is 0 Å². The van der Waals surface area contributed by atoms with Crippen LogP contribution in [-0.2, 0) is 9.53 Å². The van der Waals surface area contributed by atoms with Crippen molar-refractivity contribution in [3.63, 3.8) is 0 Å². The van der Waals surface area contributed by atoms with Gasteiger partial charge in [0.2, 0.25) is 0 Å². The minimum absolute atomic E-state index is 0.0768. The SMILES string of the molecule is CCOC(=O)/C(=C\I)C(O)c1ccc([N+](=O)[O-])cc1. The highest BCUT2D eigenvalue weighted by atomic mass is 127. The Morgan fingerprint density at radius 3 is 2.53 bits per heavy atom. The largest absolute Gasteiger partial charge is 0.463 e. The number of aliphatic hydroxyl groups is 1. The molecule has 0 amide bonds. The van der Waals surface area contributed by atoms with Gasteiger partial charge in [-0.3, -0.25) is 10.1 Å². The molecule has 0 saturated heterocycles. The van der Waals surface area contributed by atoms with E-state index in [9.17, 15) is 20.0 Å². The number of carbonyl (C=O) groups excluding carboxylic acids is 1. The molecule has 0 aliphatic rings. The van der Waals surface area contributed by atoms with Gasteiger partial charge in [0.25, 0.3) is 5.69 Å². The number of halogens is 1. The van der Waals surface area contributed by atoms with Gasteiger partial charge in [0.15, 0.2) is 0 Å². The van der Waals surface area contributed by atoms with E-state index in [-0.39, 0.29) is 17.9 Å². The third-order valence-corrected chi connectivity index (χ3v) is 3.01. The van der Waals surface area contributed by atoms with E-state index in [4.69, 9.17) is 4.74 Å². The lowest BCUT2D eigenvalue weighted by Gasteiger charge is -2.13. The van der Waals surface area contributed by atoms with Gasteiger partial charge in [-0.05, 0) is 28.7 Å². The van der Waals surface area contributed by atoms with Crippen molar-refractivity contribution in [2.75, 3.05) is 6.61 Å². The summed E-state index contributed by atoms with van der Waals surface area (Å²) in [5.41, 5.74) is 0.407. The highest BCUT2D eigenvalue weighted by Crippen LogP contribution is 2.25. The molecular weight excluding hydrogens is 365 g/mol. The number of ether oxygens (including phenoxy) is 1. The first-order valence-electron chi connectivity index (χ1n) is 5.41. The fourth-order valence-electron chi connectivity index (χ4n) is 1.39. The van der Waals surface area contributed by atoms with Crippen LogP contribution >= 0.6 is 22.6 Å². The molecule has 1 aromatic carbocycles. The Hall–Kier alpha value is -1.48. The van der Waals surface area contributed by atoms with Crippen molar-refractivity contribution in [2.24, 2.45) is 0 Å². The van der Waals surface area contributed by atoms with Crippen molar-refractivity contribution in [1.29, 1.82) is 0 Å². The minimum atomic E-state index is -1.17. The van der Waals surface area contributed by atoms with Gasteiger partial charge in [-0.25, -0.2) is 4.79 Å². The molecule has 1 atom stereocenters. The number of nitro benzene ring substituents is 1. The van der Waals surface area contributed by atoms with Gasteiger partial charge in [0.05, 0.1) is 17.1 Å². The van der Waals surface area contributed by atoms with E-state index in [0.717, 1.165) is 0 Å². The number of hydrogen-bond acceptors (Lipinski definition) is 5. The van der Waals surface area contributed by atoms with Crippen LogP contribution < -0.4 is 0 Å². The second kappa shape index (κ2) is 7.19. The van der Waals surface area contributed by atoms with E-state index in [1.807, 2.05) is 22.6 Å². The topological polar surface area (TPSA) is 89.7 Å². The fourth-order valence-corrected chi connectivity index (χ4v) is 1.98. The highest BCUT2D eigenvalue weighted by Gasteiger charge is 2.21. The summed E-state index contributed by atoms with van der Waals surface area (Å²) in [6.45, 7) is 1.88. The average molecular weight is 377 g/mol. The van der Waals surface area contributed by atoms with Crippen LogP contribution in [0, 0.1) is 10.1 Å². The molecule has 19 heavy (non-hydrogen) atoms. The molecule has 6 nitrogen and oxygen atoms in total. The van der Waals surface area contributed by atoms with Crippen LogP contribution in [0.25, 0.3) is 0 Å². The van der Waals surface area contributed by atoms with Crippen molar-refractivity contribution in [2.45, 2.75) is 13.0 Å². The Morgan fingerprint density at radius 2 is 2.11 bits per heavy atom. The van der Waals surface area contributed by atoms with Crippen molar-refractivity contribution in [3.8, 4) is 0 Å². The lowest BCUT2D eigenvalue weighted by Crippen LogP contribution is -2.14. The number of esters is 1. The lowest BCUT2D eigenvalue weighted by atomic mass is 10.0. The molecule has 0 bridgehead atoms. The van der Waals surface area contributed by atoms with E-state index >= 15 is 0 Å². The van der Waals surface area contributed by atoms with E-state index < -0.39 is 17.0 Å². The molecule has 1 N–H and O–H groups in total. The Kier molecular flexibility index (Phi) is 5.90. The van der Waals surface area contributed by atoms with E-state index in [1.165, 1.54) is 28.3 Å². The molecule has 1 aromatic rings. The summed E-state index contributed by atoms with van der Waals surface area (Å²) in [5.74, 6) is -0.609. The molecule has 0 aliphatic carbocycles. The van der Waals surface area contributed by atoms with Gasteiger partial charge in [0.1, 0.15) is 6.10 Å². The molecule has 0 radical (unpaired) electrons. The predicted molar refractivity (Wildman–Crippen MR) is 76.8 cm³/mol. The van der Waals surface area contributed by atoms with Gasteiger partial charge in [-0.1, -0.05) is 22.6 Å². The number of rotatable bonds is 5. The lowest BCUT2D eigenvalue weighted by molar-refractivity contribution is -0.384. The smallest absolute Gasteiger partial charge is 0.337 e. The minimum Gasteiger partial charge on any atom is -0.463 e. The molecule has 7 heteroatoms. The number of carbonyl (C=O) groups is 1. The Morgan fingerprint density at radius 1 is 1.53 bits per heavy atom. The molecule has 0 aromatic heterocycles. The Balaban J connectivity index is 2.95. The number of aliphatic hydroxyl groups excluding tert-OH is 1. The normalized spacial score (nSPS) is 12.9. The van der Waals surface area contributed by atoms with Gasteiger partial charge in [0, 0.05) is 12.1 Å². The van der Waals surface area contributed by atoms with Crippen LogP contribution in [0.5, 0.6) is 0 Å². The van der Waals surface area contributed by atoms with E-state index in [1.54, 1.807) is 6.92 Å². The second-order valence-electron chi connectivity index (χ2n) is 3.54. The first kappa shape index (κ1) is 15.6. The average Bonchev–Trinajstić information content (AvgIpc) is 2.39. The molecule has 0 saturated carbocycles. The van der Waals surface area contributed by atoms with Crippen molar-refractivity contribution >= 4 is 34.2 Å². The van der Waals surface area contributed by atoms with Gasteiger partial charge >= 0.3 is 5.97 Å². The summed E-state index contributed by atoms with van der Waals surface area (Å²) in [6.07, 6.45) is -1.17. The van der Waals surface area contributed by atoms with Crippen LogP contribution in [0.1, 0.15) is 18.6 Å². The summed E-state index contributed by atoms with van der Waals surface area (Å²) in [7, 11) is 0. The zero-order valence-electron chi connectivity index (χ0n) is 10.1. The number of hydrogen-bond donors (Lipinski definition) is 1. The summed E-state index contributed by atoms with van der Waals surface area (Å²) in [6, 6.07) is 5.35. The van der Waals surface area contributed by atoms with Crippen molar-refractivity contribution in [3.05, 3.63) is 49.6 Å². The summed E-state index contributed by atoms with van der Waals surface area (Å²) in [5, 5.41) is 20.6. The molecule has 0 fully saturated rings.